The van der Waals surface area contributed by atoms with Crippen molar-refractivity contribution in [1.29, 1.82) is 0 Å². The minimum Gasteiger partial charge on any atom is -0.497 e. The van der Waals surface area contributed by atoms with Crippen LogP contribution in [0.4, 0.5) is 0 Å². The van der Waals surface area contributed by atoms with E-state index in [1.165, 1.54) is 11.4 Å². The summed E-state index contributed by atoms with van der Waals surface area (Å²) in [6.45, 7) is 2.12. The number of sulfonamides is 1. The summed E-state index contributed by atoms with van der Waals surface area (Å²) >= 11 is 0. The van der Waals surface area contributed by atoms with Crippen LogP contribution < -0.4 is 10.1 Å². The number of piperazine rings is 1. The smallest absolute Gasteiger partial charge is 0.243 e. The van der Waals surface area contributed by atoms with Crippen molar-refractivity contribution in [1.82, 2.24) is 14.5 Å². The van der Waals surface area contributed by atoms with Gasteiger partial charge in [0.1, 0.15) is 5.75 Å². The minimum absolute atomic E-state index is 0.0563. The van der Waals surface area contributed by atoms with Gasteiger partial charge in [-0.25, -0.2) is 8.42 Å². The summed E-state index contributed by atoms with van der Waals surface area (Å²) in [6.07, 6.45) is 0.432. The van der Waals surface area contributed by atoms with Crippen molar-refractivity contribution in [2.75, 3.05) is 46.9 Å². The molecule has 1 heterocycles. The van der Waals surface area contributed by atoms with Gasteiger partial charge in [0.25, 0.3) is 0 Å². The Bertz CT molecular complexity index is 623. The number of carbonyl (C=O) groups excluding carboxylic acids is 1. The zero-order valence-corrected chi connectivity index (χ0v) is 14.3. The van der Waals surface area contributed by atoms with E-state index in [1.807, 2.05) is 0 Å². The highest BCUT2D eigenvalue weighted by molar-refractivity contribution is 7.89. The van der Waals surface area contributed by atoms with Crippen LogP contribution in [0.3, 0.4) is 0 Å². The highest BCUT2D eigenvalue weighted by Crippen LogP contribution is 2.20. The lowest BCUT2D eigenvalue weighted by molar-refractivity contribution is -0.132. The number of methoxy groups -OCH3 is 1. The molecule has 1 aliphatic heterocycles. The van der Waals surface area contributed by atoms with Crippen LogP contribution >= 0.6 is 0 Å². The molecular weight excluding hydrogens is 318 g/mol. The Labute approximate surface area is 137 Å². The zero-order chi connectivity index (χ0) is 16.9. The fourth-order valence-electron chi connectivity index (χ4n) is 2.46. The average Bonchev–Trinajstić information content (AvgIpc) is 2.59. The Hall–Kier alpha value is -1.64. The van der Waals surface area contributed by atoms with Crippen LogP contribution in [-0.2, 0) is 14.8 Å². The van der Waals surface area contributed by atoms with E-state index in [4.69, 9.17) is 4.74 Å². The first-order valence-electron chi connectivity index (χ1n) is 7.55. The molecule has 1 aromatic rings. The van der Waals surface area contributed by atoms with Gasteiger partial charge in [-0.1, -0.05) is 0 Å². The third kappa shape index (κ3) is 4.21. The highest BCUT2D eigenvalue weighted by atomic mass is 32.2. The number of carbonyl (C=O) groups is 1. The van der Waals surface area contributed by atoms with E-state index in [-0.39, 0.29) is 10.8 Å². The van der Waals surface area contributed by atoms with Gasteiger partial charge in [0.15, 0.2) is 0 Å². The molecule has 1 aromatic carbocycles. The van der Waals surface area contributed by atoms with Crippen molar-refractivity contribution in [3.8, 4) is 5.75 Å². The standard InChI is InChI=1S/C15H23N3O4S/c1-16-8-7-15(19)17-9-11-18(12-10-17)23(20,21)14-5-3-13(22-2)4-6-14/h3-6,16H,7-12H2,1-2H3. The molecule has 0 saturated carbocycles. The molecule has 1 saturated heterocycles. The first-order valence-corrected chi connectivity index (χ1v) is 8.99. The van der Waals surface area contributed by atoms with Crippen molar-refractivity contribution in [3.05, 3.63) is 24.3 Å². The molecule has 7 nitrogen and oxygen atoms in total. The van der Waals surface area contributed by atoms with E-state index >= 15 is 0 Å². The summed E-state index contributed by atoms with van der Waals surface area (Å²) < 4.78 is 31.7. The highest BCUT2D eigenvalue weighted by Gasteiger charge is 2.29. The number of amides is 1. The number of ether oxygens (including phenoxy) is 1. The van der Waals surface area contributed by atoms with Crippen molar-refractivity contribution in [2.24, 2.45) is 0 Å². The maximum absolute atomic E-state index is 12.6. The number of hydrogen-bond acceptors (Lipinski definition) is 5. The fourth-order valence-corrected chi connectivity index (χ4v) is 3.89. The van der Waals surface area contributed by atoms with Crippen molar-refractivity contribution in [2.45, 2.75) is 11.3 Å². The van der Waals surface area contributed by atoms with Gasteiger partial charge in [0.05, 0.1) is 12.0 Å². The normalized spacial score (nSPS) is 16.3. The van der Waals surface area contributed by atoms with Crippen molar-refractivity contribution >= 4 is 15.9 Å². The Morgan fingerprint density at radius 1 is 1.17 bits per heavy atom. The van der Waals surface area contributed by atoms with Gasteiger partial charge < -0.3 is 15.0 Å². The number of nitrogens with one attached hydrogen (secondary N) is 1. The molecule has 0 radical (unpaired) electrons. The molecule has 1 amide bonds. The van der Waals surface area contributed by atoms with Crippen LogP contribution in [0.1, 0.15) is 6.42 Å². The molecule has 1 aliphatic rings. The monoisotopic (exact) mass is 341 g/mol. The third-order valence-corrected chi connectivity index (χ3v) is 5.79. The third-order valence-electron chi connectivity index (χ3n) is 3.88. The van der Waals surface area contributed by atoms with Gasteiger partial charge >= 0.3 is 0 Å². The van der Waals surface area contributed by atoms with E-state index < -0.39 is 10.0 Å². The molecule has 1 fully saturated rings. The molecule has 0 aliphatic carbocycles. The van der Waals surface area contributed by atoms with Gasteiger partial charge in [0.2, 0.25) is 15.9 Å². The lowest BCUT2D eigenvalue weighted by Gasteiger charge is -2.34. The van der Waals surface area contributed by atoms with E-state index in [0.717, 1.165) is 0 Å². The number of hydrogen-bond donors (Lipinski definition) is 1. The molecule has 0 unspecified atom stereocenters. The Balaban J connectivity index is 1.99. The van der Waals surface area contributed by atoms with Crippen molar-refractivity contribution < 1.29 is 17.9 Å². The lowest BCUT2D eigenvalue weighted by Crippen LogP contribution is -2.50. The molecule has 8 heteroatoms. The molecule has 1 N–H and O–H groups in total. The van der Waals surface area contributed by atoms with Crippen LogP contribution in [-0.4, -0.2) is 70.4 Å². The molecule has 0 bridgehead atoms. The largest absolute Gasteiger partial charge is 0.497 e. The summed E-state index contributed by atoms with van der Waals surface area (Å²) in [5, 5.41) is 2.94. The van der Waals surface area contributed by atoms with Gasteiger partial charge in [0, 0.05) is 39.1 Å². The fraction of sp³-hybridized carbons (Fsp3) is 0.533. The molecular formula is C15H23N3O4S. The van der Waals surface area contributed by atoms with Crippen LogP contribution in [0, 0.1) is 0 Å². The van der Waals surface area contributed by atoms with Gasteiger partial charge in [-0.15, -0.1) is 0 Å². The molecule has 2 rings (SSSR count). The second kappa shape index (κ2) is 7.76. The molecule has 0 spiro atoms. The summed E-state index contributed by atoms with van der Waals surface area (Å²) in [7, 11) is -0.192. The molecule has 0 atom stereocenters. The zero-order valence-electron chi connectivity index (χ0n) is 13.5. The van der Waals surface area contributed by atoms with E-state index in [9.17, 15) is 13.2 Å². The maximum atomic E-state index is 12.6. The van der Waals surface area contributed by atoms with E-state index in [1.54, 1.807) is 36.2 Å². The van der Waals surface area contributed by atoms with Gasteiger partial charge in [-0.05, 0) is 31.3 Å². The van der Waals surface area contributed by atoms with Crippen LogP contribution in [0.5, 0.6) is 5.75 Å². The second-order valence-electron chi connectivity index (χ2n) is 5.31. The van der Waals surface area contributed by atoms with Crippen LogP contribution in [0.2, 0.25) is 0 Å². The molecule has 23 heavy (non-hydrogen) atoms. The van der Waals surface area contributed by atoms with Crippen LogP contribution in [0.25, 0.3) is 0 Å². The minimum atomic E-state index is -3.53. The first-order chi connectivity index (χ1) is 11.0. The lowest BCUT2D eigenvalue weighted by atomic mass is 10.3. The van der Waals surface area contributed by atoms with Crippen LogP contribution in [0.15, 0.2) is 29.2 Å². The molecule has 128 valence electrons. The van der Waals surface area contributed by atoms with Gasteiger partial charge in [-0.3, -0.25) is 4.79 Å². The maximum Gasteiger partial charge on any atom is 0.243 e. The van der Waals surface area contributed by atoms with E-state index in [0.29, 0.717) is 44.9 Å². The van der Waals surface area contributed by atoms with Crippen molar-refractivity contribution in [3.63, 3.8) is 0 Å². The Kier molecular flexibility index (Phi) is 5.97. The summed E-state index contributed by atoms with van der Waals surface area (Å²) in [4.78, 5) is 13.9. The second-order valence-corrected chi connectivity index (χ2v) is 7.25. The topological polar surface area (TPSA) is 79.0 Å². The average molecular weight is 341 g/mol. The van der Waals surface area contributed by atoms with E-state index in [2.05, 4.69) is 5.32 Å². The summed E-state index contributed by atoms with van der Waals surface area (Å²) in [6, 6.07) is 6.34. The number of rotatable bonds is 6. The van der Waals surface area contributed by atoms with Gasteiger partial charge in [-0.2, -0.15) is 4.31 Å². The first kappa shape index (κ1) is 17.7. The molecule has 0 aromatic heterocycles. The number of benzene rings is 1. The SMILES string of the molecule is CNCCC(=O)N1CCN(S(=O)(=O)c2ccc(OC)cc2)CC1. The predicted molar refractivity (Wildman–Crippen MR) is 86.9 cm³/mol. The Morgan fingerprint density at radius 2 is 1.78 bits per heavy atom. The summed E-state index contributed by atoms with van der Waals surface area (Å²) in [5.41, 5.74) is 0. The number of nitrogens with zero attached hydrogens (tertiary/aromatic N) is 2. The quantitative estimate of drug-likeness (QED) is 0.796. The predicted octanol–water partition coefficient (Wildman–Crippen LogP) is 0.138. The summed E-state index contributed by atoms with van der Waals surface area (Å²) in [5.74, 6) is 0.671. The Morgan fingerprint density at radius 3 is 2.30 bits per heavy atom.